The SMILES string of the molecule is COc1ccc(C(=O)N2CCC[C@H](C(=O)Nc3cccc(C(C)=O)c3)C2)c2ccccc12. The Morgan fingerprint density at radius 2 is 1.78 bits per heavy atom. The molecule has 2 amide bonds. The number of anilines is 1. The largest absolute Gasteiger partial charge is 0.496 e. The molecule has 164 valence electrons. The molecule has 1 N–H and O–H groups in total. The molecule has 0 spiro atoms. The van der Waals surface area contributed by atoms with Gasteiger partial charge in [-0.1, -0.05) is 36.4 Å². The zero-order chi connectivity index (χ0) is 22.7. The number of hydrogen-bond donors (Lipinski definition) is 1. The number of likely N-dealkylation sites (tertiary alicyclic amines) is 1. The maximum atomic E-state index is 13.4. The van der Waals surface area contributed by atoms with Crippen molar-refractivity contribution in [1.82, 2.24) is 4.90 Å². The Morgan fingerprint density at radius 1 is 1.00 bits per heavy atom. The van der Waals surface area contributed by atoms with E-state index in [1.807, 2.05) is 30.3 Å². The average molecular weight is 431 g/mol. The minimum atomic E-state index is -0.307. The van der Waals surface area contributed by atoms with Crippen LogP contribution in [0.15, 0.2) is 60.7 Å². The van der Waals surface area contributed by atoms with Crippen molar-refractivity contribution in [2.24, 2.45) is 5.92 Å². The molecule has 1 aliphatic rings. The van der Waals surface area contributed by atoms with Gasteiger partial charge in [0.2, 0.25) is 5.91 Å². The molecule has 0 aliphatic carbocycles. The molecule has 1 atom stereocenters. The van der Waals surface area contributed by atoms with E-state index in [4.69, 9.17) is 4.74 Å². The van der Waals surface area contributed by atoms with Gasteiger partial charge in [0.25, 0.3) is 5.91 Å². The maximum absolute atomic E-state index is 13.4. The molecule has 0 radical (unpaired) electrons. The molecule has 1 fully saturated rings. The van der Waals surface area contributed by atoms with Crippen molar-refractivity contribution in [3.63, 3.8) is 0 Å². The van der Waals surface area contributed by atoms with Crippen LogP contribution in [0.25, 0.3) is 10.8 Å². The van der Waals surface area contributed by atoms with E-state index in [0.717, 1.165) is 22.9 Å². The lowest BCUT2D eigenvalue weighted by molar-refractivity contribution is -0.121. The van der Waals surface area contributed by atoms with Crippen LogP contribution in [0.1, 0.15) is 40.5 Å². The van der Waals surface area contributed by atoms with E-state index in [0.29, 0.717) is 36.3 Å². The van der Waals surface area contributed by atoms with Gasteiger partial charge in [-0.05, 0) is 49.4 Å². The highest BCUT2D eigenvalue weighted by Gasteiger charge is 2.30. The first-order chi connectivity index (χ1) is 15.5. The molecule has 3 aromatic carbocycles. The minimum Gasteiger partial charge on any atom is -0.496 e. The molecule has 32 heavy (non-hydrogen) atoms. The van der Waals surface area contributed by atoms with Crippen molar-refractivity contribution in [1.29, 1.82) is 0 Å². The molecular formula is C26H26N2O4. The number of Topliss-reactive ketones (excluding diaryl/α,β-unsaturated/α-hetero) is 1. The van der Waals surface area contributed by atoms with Gasteiger partial charge in [0.15, 0.2) is 5.78 Å². The van der Waals surface area contributed by atoms with Crippen molar-refractivity contribution in [2.75, 3.05) is 25.5 Å². The predicted octanol–water partition coefficient (Wildman–Crippen LogP) is 4.54. The Morgan fingerprint density at radius 3 is 2.53 bits per heavy atom. The number of ketones is 1. The number of nitrogens with one attached hydrogen (secondary N) is 1. The van der Waals surface area contributed by atoms with Gasteiger partial charge in [0, 0.05) is 35.3 Å². The summed E-state index contributed by atoms with van der Waals surface area (Å²) in [6, 6.07) is 18.2. The van der Waals surface area contributed by atoms with Crippen molar-refractivity contribution >= 4 is 34.1 Å². The van der Waals surface area contributed by atoms with E-state index in [9.17, 15) is 14.4 Å². The topological polar surface area (TPSA) is 75.7 Å². The lowest BCUT2D eigenvalue weighted by Crippen LogP contribution is -2.43. The highest BCUT2D eigenvalue weighted by molar-refractivity contribution is 6.09. The third-order valence-electron chi connectivity index (χ3n) is 5.95. The molecule has 0 aromatic heterocycles. The van der Waals surface area contributed by atoms with Crippen LogP contribution in [-0.2, 0) is 4.79 Å². The van der Waals surface area contributed by atoms with Gasteiger partial charge in [0.05, 0.1) is 13.0 Å². The maximum Gasteiger partial charge on any atom is 0.254 e. The number of nitrogens with zero attached hydrogens (tertiary/aromatic N) is 1. The smallest absolute Gasteiger partial charge is 0.254 e. The fourth-order valence-electron chi connectivity index (χ4n) is 4.24. The second-order valence-electron chi connectivity index (χ2n) is 8.08. The van der Waals surface area contributed by atoms with Crippen molar-refractivity contribution in [3.8, 4) is 5.75 Å². The first kappa shape index (κ1) is 21.6. The second kappa shape index (κ2) is 9.22. The molecule has 0 unspecified atom stereocenters. The quantitative estimate of drug-likeness (QED) is 0.603. The van der Waals surface area contributed by atoms with Crippen LogP contribution >= 0.6 is 0 Å². The predicted molar refractivity (Wildman–Crippen MR) is 124 cm³/mol. The van der Waals surface area contributed by atoms with Crippen molar-refractivity contribution in [3.05, 3.63) is 71.8 Å². The first-order valence-corrected chi connectivity index (χ1v) is 10.7. The summed E-state index contributed by atoms with van der Waals surface area (Å²) in [5.74, 6) is 0.143. The number of benzene rings is 3. The molecule has 0 bridgehead atoms. The molecule has 1 saturated heterocycles. The van der Waals surface area contributed by atoms with Crippen LogP contribution in [0.4, 0.5) is 5.69 Å². The summed E-state index contributed by atoms with van der Waals surface area (Å²) in [5, 5.41) is 4.63. The molecule has 0 saturated carbocycles. The van der Waals surface area contributed by atoms with Gasteiger partial charge in [-0.15, -0.1) is 0 Å². The molecular weight excluding hydrogens is 404 g/mol. The normalized spacial score (nSPS) is 15.9. The number of amides is 2. The Balaban J connectivity index is 1.51. The second-order valence-corrected chi connectivity index (χ2v) is 8.08. The molecule has 6 nitrogen and oxygen atoms in total. The van der Waals surface area contributed by atoms with Gasteiger partial charge in [-0.2, -0.15) is 0 Å². The summed E-state index contributed by atoms with van der Waals surface area (Å²) in [6.07, 6.45) is 1.47. The van der Waals surface area contributed by atoms with Crippen LogP contribution in [0, 0.1) is 5.92 Å². The number of fused-ring (bicyclic) bond motifs is 1. The van der Waals surface area contributed by atoms with Crippen LogP contribution in [-0.4, -0.2) is 42.7 Å². The third-order valence-corrected chi connectivity index (χ3v) is 5.95. The molecule has 3 aromatic rings. The van der Waals surface area contributed by atoms with Crippen LogP contribution in [0.3, 0.4) is 0 Å². The van der Waals surface area contributed by atoms with E-state index >= 15 is 0 Å². The lowest BCUT2D eigenvalue weighted by atomic mass is 9.95. The van der Waals surface area contributed by atoms with Gasteiger partial charge in [0.1, 0.15) is 5.75 Å². The van der Waals surface area contributed by atoms with E-state index < -0.39 is 0 Å². The van der Waals surface area contributed by atoms with E-state index in [2.05, 4.69) is 5.32 Å². The summed E-state index contributed by atoms with van der Waals surface area (Å²) in [4.78, 5) is 39.6. The van der Waals surface area contributed by atoms with E-state index in [1.54, 1.807) is 42.3 Å². The molecule has 6 heteroatoms. The Labute approximate surface area is 187 Å². The number of piperidine rings is 1. The lowest BCUT2D eigenvalue weighted by Gasteiger charge is -2.32. The van der Waals surface area contributed by atoms with Crippen LogP contribution in [0.2, 0.25) is 0 Å². The number of rotatable bonds is 5. The summed E-state index contributed by atoms with van der Waals surface area (Å²) >= 11 is 0. The van der Waals surface area contributed by atoms with Gasteiger partial charge >= 0.3 is 0 Å². The fourth-order valence-corrected chi connectivity index (χ4v) is 4.24. The highest BCUT2D eigenvalue weighted by Crippen LogP contribution is 2.30. The summed E-state index contributed by atoms with van der Waals surface area (Å²) in [7, 11) is 1.61. The summed E-state index contributed by atoms with van der Waals surface area (Å²) in [6.45, 7) is 2.47. The fraction of sp³-hybridized carbons (Fsp3) is 0.269. The summed E-state index contributed by atoms with van der Waals surface area (Å²) in [5.41, 5.74) is 1.75. The van der Waals surface area contributed by atoms with E-state index in [-0.39, 0.29) is 23.5 Å². The van der Waals surface area contributed by atoms with Crippen LogP contribution in [0.5, 0.6) is 5.75 Å². The zero-order valence-electron chi connectivity index (χ0n) is 18.3. The van der Waals surface area contributed by atoms with Crippen LogP contribution < -0.4 is 10.1 Å². The van der Waals surface area contributed by atoms with E-state index in [1.165, 1.54) is 6.92 Å². The summed E-state index contributed by atoms with van der Waals surface area (Å²) < 4.78 is 5.44. The number of ether oxygens (including phenoxy) is 1. The van der Waals surface area contributed by atoms with Gasteiger partial charge < -0.3 is 15.0 Å². The highest BCUT2D eigenvalue weighted by atomic mass is 16.5. The first-order valence-electron chi connectivity index (χ1n) is 10.7. The third kappa shape index (κ3) is 4.35. The zero-order valence-corrected chi connectivity index (χ0v) is 18.3. The van der Waals surface area contributed by atoms with Crippen molar-refractivity contribution < 1.29 is 19.1 Å². The Kier molecular flexibility index (Phi) is 6.21. The minimum absolute atomic E-state index is 0.0535. The number of carbonyl (C=O) groups is 3. The standard InChI is InChI=1S/C26H26N2O4/c1-17(29)18-7-5-9-20(15-18)27-25(30)19-8-6-14-28(16-19)26(31)23-12-13-24(32-2)22-11-4-3-10-21(22)23/h3-5,7,9-13,15,19H,6,8,14,16H2,1-2H3,(H,27,30)/t19-/m0/s1. The number of hydrogen-bond acceptors (Lipinski definition) is 4. The molecule has 4 rings (SSSR count). The Hall–Kier alpha value is -3.67. The number of carbonyl (C=O) groups excluding carboxylic acids is 3. The van der Waals surface area contributed by atoms with Gasteiger partial charge in [-0.3, -0.25) is 14.4 Å². The Bertz CT molecular complexity index is 1190. The van der Waals surface area contributed by atoms with Crippen molar-refractivity contribution in [2.45, 2.75) is 19.8 Å². The molecule has 1 aliphatic heterocycles. The molecule has 1 heterocycles. The van der Waals surface area contributed by atoms with Gasteiger partial charge in [-0.25, -0.2) is 0 Å². The average Bonchev–Trinajstić information content (AvgIpc) is 2.83. The monoisotopic (exact) mass is 430 g/mol. The number of methoxy groups -OCH3 is 1.